The van der Waals surface area contributed by atoms with Gasteiger partial charge in [-0.1, -0.05) is 31.0 Å². The van der Waals surface area contributed by atoms with Gasteiger partial charge in [0.25, 0.3) is 5.56 Å². The number of rotatable bonds is 6. The first kappa shape index (κ1) is 25.8. The number of carboxylic acids is 1. The van der Waals surface area contributed by atoms with Crippen LogP contribution in [-0.4, -0.2) is 57.6 Å². The van der Waals surface area contributed by atoms with Gasteiger partial charge in [0.05, 0.1) is 22.5 Å². The third-order valence-electron chi connectivity index (χ3n) is 7.91. The second kappa shape index (κ2) is 10.5. The number of carbonyl (C=O) groups excluding carboxylic acids is 1. The Morgan fingerprint density at radius 2 is 1.76 bits per heavy atom. The number of amides is 1. The number of aryl methyl sites for hydroxylation is 1. The van der Waals surface area contributed by atoms with Crippen LogP contribution in [0.3, 0.4) is 0 Å². The number of nitrogens with one attached hydrogen (secondary N) is 1. The van der Waals surface area contributed by atoms with E-state index >= 15 is 0 Å². The maximum atomic E-state index is 13.5. The summed E-state index contributed by atoms with van der Waals surface area (Å²) in [4.78, 5) is 47.2. The lowest BCUT2D eigenvalue weighted by Crippen LogP contribution is -2.51. The molecule has 9 nitrogen and oxygen atoms in total. The van der Waals surface area contributed by atoms with Crippen molar-refractivity contribution >= 4 is 34.4 Å². The van der Waals surface area contributed by atoms with Gasteiger partial charge in [-0.15, -0.1) is 0 Å². The molecule has 2 aromatic carbocycles. The Morgan fingerprint density at radius 1 is 1.08 bits per heavy atom. The fourth-order valence-electron chi connectivity index (χ4n) is 5.82. The summed E-state index contributed by atoms with van der Waals surface area (Å²) in [5.41, 5.74) is 2.93. The van der Waals surface area contributed by atoms with E-state index in [9.17, 15) is 19.5 Å². The Kier molecular flexibility index (Phi) is 7.10. The molecule has 1 atom stereocenters. The van der Waals surface area contributed by atoms with E-state index in [1.807, 2.05) is 30.9 Å². The monoisotopic (exact) mass is 517 g/mol. The van der Waals surface area contributed by atoms with Gasteiger partial charge >= 0.3 is 5.97 Å². The van der Waals surface area contributed by atoms with Crippen LogP contribution in [-0.2, 0) is 11.8 Å². The quantitative estimate of drug-likeness (QED) is 0.510. The van der Waals surface area contributed by atoms with E-state index in [-0.39, 0.29) is 29.0 Å². The number of para-hydroxylation sites is 1. The Morgan fingerprint density at radius 3 is 2.45 bits per heavy atom. The summed E-state index contributed by atoms with van der Waals surface area (Å²) in [5.74, 6) is 0.00509. The van der Waals surface area contributed by atoms with E-state index in [4.69, 9.17) is 4.98 Å². The summed E-state index contributed by atoms with van der Waals surface area (Å²) in [6, 6.07) is 10.3. The number of piperazine rings is 1. The second-order valence-electron chi connectivity index (χ2n) is 10.5. The normalized spacial score (nSPS) is 17.1. The van der Waals surface area contributed by atoms with E-state index in [0.717, 1.165) is 36.8 Å². The van der Waals surface area contributed by atoms with Crippen molar-refractivity contribution in [1.29, 1.82) is 0 Å². The van der Waals surface area contributed by atoms with Crippen LogP contribution in [0.15, 0.2) is 41.2 Å². The predicted molar refractivity (Wildman–Crippen MR) is 148 cm³/mol. The van der Waals surface area contributed by atoms with Gasteiger partial charge in [0.1, 0.15) is 0 Å². The predicted octanol–water partition coefficient (Wildman–Crippen LogP) is 3.95. The molecule has 0 bridgehead atoms. The summed E-state index contributed by atoms with van der Waals surface area (Å²) < 4.78 is 1.60. The third-order valence-corrected chi connectivity index (χ3v) is 7.91. The smallest absolute Gasteiger partial charge is 0.337 e. The molecule has 5 rings (SSSR count). The highest BCUT2D eigenvalue weighted by Gasteiger charge is 2.30. The summed E-state index contributed by atoms with van der Waals surface area (Å²) in [6.07, 6.45) is 4.25. The minimum atomic E-state index is -1.01. The summed E-state index contributed by atoms with van der Waals surface area (Å²) in [7, 11) is 1.74. The lowest BCUT2D eigenvalue weighted by atomic mass is 10.0. The second-order valence-corrected chi connectivity index (χ2v) is 10.5. The molecular formula is C29H35N5O4. The van der Waals surface area contributed by atoms with Crippen molar-refractivity contribution in [3.8, 4) is 0 Å². The number of aromatic nitrogens is 2. The number of anilines is 2. The van der Waals surface area contributed by atoms with E-state index in [0.29, 0.717) is 48.7 Å². The summed E-state index contributed by atoms with van der Waals surface area (Å²) >= 11 is 0. The van der Waals surface area contributed by atoms with E-state index in [1.165, 1.54) is 0 Å². The number of hydrogen-bond acceptors (Lipinski definition) is 6. The molecule has 1 unspecified atom stereocenters. The Hall–Kier alpha value is -3.88. The molecule has 2 N–H and O–H groups in total. The molecule has 1 saturated heterocycles. The number of nitrogens with zero attached hydrogens (tertiary/aromatic N) is 4. The van der Waals surface area contributed by atoms with Gasteiger partial charge in [-0.3, -0.25) is 14.2 Å². The lowest BCUT2D eigenvalue weighted by Gasteiger charge is -2.37. The van der Waals surface area contributed by atoms with Crippen molar-refractivity contribution in [2.24, 2.45) is 13.0 Å². The zero-order valence-electron chi connectivity index (χ0n) is 22.2. The molecule has 2 heterocycles. The molecule has 38 heavy (non-hydrogen) atoms. The van der Waals surface area contributed by atoms with Crippen LogP contribution in [0.4, 0.5) is 11.6 Å². The lowest BCUT2D eigenvalue weighted by molar-refractivity contribution is -0.135. The van der Waals surface area contributed by atoms with Crippen molar-refractivity contribution < 1.29 is 14.7 Å². The standard InChI is InChI=1S/C29H35N5O4/c1-18-16-22(19(2)30-24-11-7-6-10-21(24)28(37)38)25-23(17-18)27(36)32(3)29(31-25)34-14-12-33(13-15-34)26(35)20-8-4-5-9-20/h6-7,10-11,16-17,19-20,30H,4-5,8-9,12-15H2,1-3H3,(H,37,38). The molecular weight excluding hydrogens is 482 g/mol. The molecule has 0 spiro atoms. The fourth-order valence-corrected chi connectivity index (χ4v) is 5.82. The van der Waals surface area contributed by atoms with Crippen LogP contribution in [0.5, 0.6) is 0 Å². The van der Waals surface area contributed by atoms with Crippen LogP contribution in [0.1, 0.15) is 60.1 Å². The highest BCUT2D eigenvalue weighted by Crippen LogP contribution is 2.30. The Bertz CT molecular complexity index is 1430. The van der Waals surface area contributed by atoms with Gasteiger partial charge in [0.2, 0.25) is 11.9 Å². The molecule has 1 aliphatic heterocycles. The number of benzene rings is 2. The molecule has 200 valence electrons. The first-order chi connectivity index (χ1) is 18.2. The van der Waals surface area contributed by atoms with E-state index in [2.05, 4.69) is 10.2 Å². The zero-order valence-corrected chi connectivity index (χ0v) is 22.2. The van der Waals surface area contributed by atoms with Gasteiger partial charge < -0.3 is 20.2 Å². The number of carboxylic acid groups (broad SMARTS) is 1. The van der Waals surface area contributed by atoms with E-state index in [1.54, 1.807) is 35.9 Å². The van der Waals surface area contributed by atoms with Crippen molar-refractivity contribution in [2.75, 3.05) is 36.4 Å². The van der Waals surface area contributed by atoms with Crippen molar-refractivity contribution in [3.05, 3.63) is 63.4 Å². The van der Waals surface area contributed by atoms with Crippen molar-refractivity contribution in [1.82, 2.24) is 14.5 Å². The molecule has 1 aromatic heterocycles. The number of hydrogen-bond donors (Lipinski definition) is 2. The molecule has 3 aromatic rings. The fraction of sp³-hybridized carbons (Fsp3) is 0.448. The maximum absolute atomic E-state index is 13.5. The van der Waals surface area contributed by atoms with Gasteiger partial charge in [-0.05, 0) is 50.5 Å². The highest BCUT2D eigenvalue weighted by atomic mass is 16.4. The van der Waals surface area contributed by atoms with Crippen LogP contribution in [0, 0.1) is 12.8 Å². The number of aromatic carboxylic acids is 1. The molecule has 2 fully saturated rings. The average Bonchev–Trinajstić information content (AvgIpc) is 3.45. The van der Waals surface area contributed by atoms with Crippen LogP contribution < -0.4 is 15.8 Å². The molecule has 1 saturated carbocycles. The van der Waals surface area contributed by atoms with Gasteiger partial charge in [-0.25, -0.2) is 9.78 Å². The minimum absolute atomic E-state index is 0.127. The highest BCUT2D eigenvalue weighted by molar-refractivity contribution is 5.94. The molecule has 1 aliphatic carbocycles. The summed E-state index contributed by atoms with van der Waals surface area (Å²) in [5, 5.41) is 13.4. The zero-order chi connectivity index (χ0) is 27.0. The SMILES string of the molecule is Cc1cc(C(C)Nc2ccccc2C(=O)O)c2nc(N3CCN(C(=O)C4CCCC4)CC3)n(C)c(=O)c2c1. The van der Waals surface area contributed by atoms with Crippen LogP contribution in [0.25, 0.3) is 10.9 Å². The minimum Gasteiger partial charge on any atom is -0.478 e. The third kappa shape index (κ3) is 4.85. The first-order valence-corrected chi connectivity index (χ1v) is 13.4. The molecule has 9 heteroatoms. The molecule has 1 amide bonds. The van der Waals surface area contributed by atoms with Crippen LogP contribution >= 0.6 is 0 Å². The topological polar surface area (TPSA) is 108 Å². The van der Waals surface area contributed by atoms with E-state index < -0.39 is 5.97 Å². The van der Waals surface area contributed by atoms with Crippen molar-refractivity contribution in [2.45, 2.75) is 45.6 Å². The molecule has 2 aliphatic rings. The summed E-state index contributed by atoms with van der Waals surface area (Å²) in [6.45, 7) is 6.35. The van der Waals surface area contributed by atoms with Gasteiger partial charge in [-0.2, -0.15) is 0 Å². The number of fused-ring (bicyclic) bond motifs is 1. The molecule has 0 radical (unpaired) electrons. The maximum Gasteiger partial charge on any atom is 0.337 e. The van der Waals surface area contributed by atoms with Gasteiger partial charge in [0.15, 0.2) is 0 Å². The van der Waals surface area contributed by atoms with Crippen molar-refractivity contribution in [3.63, 3.8) is 0 Å². The largest absolute Gasteiger partial charge is 0.478 e. The Balaban J connectivity index is 1.46. The number of carbonyl (C=O) groups is 2. The Labute approximate surface area is 222 Å². The first-order valence-electron chi connectivity index (χ1n) is 13.4. The van der Waals surface area contributed by atoms with Crippen LogP contribution in [0.2, 0.25) is 0 Å². The average molecular weight is 518 g/mol. The van der Waals surface area contributed by atoms with Gasteiger partial charge in [0, 0.05) is 50.4 Å².